The van der Waals surface area contributed by atoms with E-state index in [0.29, 0.717) is 37.3 Å². The van der Waals surface area contributed by atoms with Gasteiger partial charge in [-0.1, -0.05) is 13.0 Å². The number of likely N-dealkylation sites (tertiary alicyclic amines) is 1. The zero-order valence-electron chi connectivity index (χ0n) is 16.3. The number of rotatable bonds is 4. The van der Waals surface area contributed by atoms with Crippen molar-refractivity contribution in [3.63, 3.8) is 0 Å². The third-order valence-corrected chi connectivity index (χ3v) is 7.08. The van der Waals surface area contributed by atoms with Gasteiger partial charge in [0, 0.05) is 18.5 Å². The number of carbonyl (C=O) groups excluding carboxylic acids is 1. The molecule has 146 valence electrons. The first-order valence-electron chi connectivity index (χ1n) is 10.3. The molecule has 1 aromatic rings. The van der Waals surface area contributed by atoms with Crippen LogP contribution in [0.25, 0.3) is 0 Å². The smallest absolute Gasteiger partial charge is 0.237 e. The standard InChI is InChI=1S/C21H29N3O3/c1-3-22(2)12-19(25)24-11-16(15-4-5-17-18(10-15)27-13-26-17)21-20(24)14-6-8-23(21)9-7-14/h4-5,10,14,16,20-21H,3,6-9,11-13H2,1-2H3/t16-,20+,21+/m0/s1. The van der Waals surface area contributed by atoms with Gasteiger partial charge < -0.3 is 14.4 Å². The number of amides is 1. The molecule has 0 radical (unpaired) electrons. The number of hydrogen-bond donors (Lipinski definition) is 0. The highest BCUT2D eigenvalue weighted by atomic mass is 16.7. The number of nitrogens with zero attached hydrogens (tertiary/aromatic N) is 3. The van der Waals surface area contributed by atoms with Gasteiger partial charge in [-0.2, -0.15) is 0 Å². The third-order valence-electron chi connectivity index (χ3n) is 7.08. The quantitative estimate of drug-likeness (QED) is 0.807. The second-order valence-corrected chi connectivity index (χ2v) is 8.45. The van der Waals surface area contributed by atoms with Crippen molar-refractivity contribution >= 4 is 5.91 Å². The van der Waals surface area contributed by atoms with Crippen LogP contribution in [0.5, 0.6) is 11.5 Å². The molecule has 4 fully saturated rings. The van der Waals surface area contributed by atoms with Gasteiger partial charge in [-0.25, -0.2) is 0 Å². The Labute approximate surface area is 161 Å². The average molecular weight is 371 g/mol. The van der Waals surface area contributed by atoms with Gasteiger partial charge in [0.1, 0.15) is 0 Å². The Morgan fingerprint density at radius 1 is 1.19 bits per heavy atom. The molecule has 0 unspecified atom stereocenters. The molecule has 6 nitrogen and oxygen atoms in total. The first-order valence-corrected chi connectivity index (χ1v) is 10.3. The molecule has 3 atom stereocenters. The van der Waals surface area contributed by atoms with E-state index in [9.17, 15) is 4.79 Å². The number of carbonyl (C=O) groups is 1. The van der Waals surface area contributed by atoms with Crippen molar-refractivity contribution in [3.8, 4) is 11.5 Å². The lowest BCUT2D eigenvalue weighted by atomic mass is 9.75. The zero-order chi connectivity index (χ0) is 18.5. The predicted molar refractivity (Wildman–Crippen MR) is 102 cm³/mol. The van der Waals surface area contributed by atoms with E-state index < -0.39 is 0 Å². The molecule has 1 amide bonds. The minimum absolute atomic E-state index is 0.284. The molecule has 1 aromatic carbocycles. The highest BCUT2D eigenvalue weighted by molar-refractivity contribution is 5.79. The normalized spacial score (nSPS) is 33.6. The Bertz CT molecular complexity index is 731. The molecule has 5 heterocycles. The van der Waals surface area contributed by atoms with Gasteiger partial charge in [0.15, 0.2) is 11.5 Å². The first-order chi connectivity index (χ1) is 13.2. The summed E-state index contributed by atoms with van der Waals surface area (Å²) in [7, 11) is 2.03. The number of ether oxygens (including phenoxy) is 2. The lowest BCUT2D eigenvalue weighted by Crippen LogP contribution is -2.61. The largest absolute Gasteiger partial charge is 0.454 e. The summed E-state index contributed by atoms with van der Waals surface area (Å²) in [5.74, 6) is 2.96. The number of hydrogen-bond acceptors (Lipinski definition) is 5. The highest BCUT2D eigenvalue weighted by Gasteiger charge is 2.54. The molecule has 2 bridgehead atoms. The molecule has 5 aliphatic heterocycles. The molecule has 5 aliphatic rings. The van der Waals surface area contributed by atoms with Crippen molar-refractivity contribution in [3.05, 3.63) is 23.8 Å². The van der Waals surface area contributed by atoms with Crippen molar-refractivity contribution in [2.45, 2.75) is 37.8 Å². The molecular formula is C21H29N3O3. The van der Waals surface area contributed by atoms with E-state index in [1.807, 2.05) is 13.1 Å². The van der Waals surface area contributed by atoms with Crippen molar-refractivity contribution in [2.75, 3.05) is 46.6 Å². The molecule has 0 aliphatic carbocycles. The van der Waals surface area contributed by atoms with E-state index in [2.05, 4.69) is 33.8 Å². The number of fused-ring (bicyclic) bond motifs is 3. The maximum atomic E-state index is 13.1. The van der Waals surface area contributed by atoms with Gasteiger partial charge in [-0.15, -0.1) is 0 Å². The van der Waals surface area contributed by atoms with Gasteiger partial charge in [-0.05, 0) is 63.1 Å². The van der Waals surface area contributed by atoms with Crippen molar-refractivity contribution in [2.24, 2.45) is 5.92 Å². The lowest BCUT2D eigenvalue weighted by Gasteiger charge is -2.51. The number of piperidine rings is 3. The fourth-order valence-corrected chi connectivity index (χ4v) is 5.57. The summed E-state index contributed by atoms with van der Waals surface area (Å²) in [5, 5.41) is 0. The molecule has 27 heavy (non-hydrogen) atoms. The SMILES string of the molecule is CCN(C)CC(=O)N1C[C@@H](c2ccc3c(c2)OCO3)[C@@H]2[C@H]1C1CCN2CC1. The van der Waals surface area contributed by atoms with Crippen LogP contribution in [-0.4, -0.2) is 79.3 Å². The van der Waals surface area contributed by atoms with Crippen molar-refractivity contribution in [1.82, 2.24) is 14.7 Å². The summed E-state index contributed by atoms with van der Waals surface area (Å²) in [5.41, 5.74) is 1.28. The molecule has 0 spiro atoms. The lowest BCUT2D eigenvalue weighted by molar-refractivity contribution is -0.136. The van der Waals surface area contributed by atoms with Crippen LogP contribution in [0.2, 0.25) is 0 Å². The van der Waals surface area contributed by atoms with E-state index in [1.54, 1.807) is 0 Å². The van der Waals surface area contributed by atoms with Crippen LogP contribution >= 0.6 is 0 Å². The van der Waals surface area contributed by atoms with E-state index in [-0.39, 0.29) is 5.91 Å². The first kappa shape index (κ1) is 17.3. The van der Waals surface area contributed by atoms with Crippen LogP contribution in [0.1, 0.15) is 31.2 Å². The molecule has 0 saturated carbocycles. The fraction of sp³-hybridized carbons (Fsp3) is 0.667. The Morgan fingerprint density at radius 3 is 2.74 bits per heavy atom. The molecule has 0 aromatic heterocycles. The van der Waals surface area contributed by atoms with E-state index in [1.165, 1.54) is 31.5 Å². The van der Waals surface area contributed by atoms with Gasteiger partial charge in [0.05, 0.1) is 12.6 Å². The van der Waals surface area contributed by atoms with Crippen LogP contribution in [0.3, 0.4) is 0 Å². The number of benzene rings is 1. The predicted octanol–water partition coefficient (Wildman–Crippen LogP) is 1.76. The minimum Gasteiger partial charge on any atom is -0.454 e. The fourth-order valence-electron chi connectivity index (χ4n) is 5.57. The van der Waals surface area contributed by atoms with Crippen LogP contribution in [0.15, 0.2) is 18.2 Å². The Morgan fingerprint density at radius 2 is 1.96 bits per heavy atom. The maximum absolute atomic E-state index is 13.1. The van der Waals surface area contributed by atoms with Crippen LogP contribution in [0, 0.1) is 5.92 Å². The van der Waals surface area contributed by atoms with Crippen molar-refractivity contribution < 1.29 is 14.3 Å². The van der Waals surface area contributed by atoms with E-state index in [4.69, 9.17) is 9.47 Å². The number of likely N-dealkylation sites (N-methyl/N-ethyl adjacent to an activating group) is 1. The topological polar surface area (TPSA) is 45.3 Å². The van der Waals surface area contributed by atoms with Crippen LogP contribution in [0.4, 0.5) is 0 Å². The molecule has 6 rings (SSSR count). The summed E-state index contributed by atoms with van der Waals surface area (Å²) in [6.07, 6.45) is 2.45. The van der Waals surface area contributed by atoms with Crippen LogP contribution in [-0.2, 0) is 4.79 Å². The summed E-state index contributed by atoms with van der Waals surface area (Å²) in [6, 6.07) is 7.14. The second-order valence-electron chi connectivity index (χ2n) is 8.45. The molecule has 4 saturated heterocycles. The van der Waals surface area contributed by atoms with Gasteiger partial charge in [0.25, 0.3) is 0 Å². The van der Waals surface area contributed by atoms with Gasteiger partial charge in [0.2, 0.25) is 12.7 Å². The van der Waals surface area contributed by atoms with Gasteiger partial charge in [-0.3, -0.25) is 14.6 Å². The highest BCUT2D eigenvalue weighted by Crippen LogP contribution is 2.47. The van der Waals surface area contributed by atoms with Crippen molar-refractivity contribution in [1.29, 1.82) is 0 Å². The third kappa shape index (κ3) is 2.81. The zero-order valence-corrected chi connectivity index (χ0v) is 16.3. The van der Waals surface area contributed by atoms with E-state index in [0.717, 1.165) is 24.6 Å². The summed E-state index contributed by atoms with van der Waals surface area (Å²) in [6.45, 7) is 6.97. The second kappa shape index (κ2) is 6.67. The summed E-state index contributed by atoms with van der Waals surface area (Å²) >= 11 is 0. The monoisotopic (exact) mass is 371 g/mol. The minimum atomic E-state index is 0.284. The van der Waals surface area contributed by atoms with Crippen LogP contribution < -0.4 is 9.47 Å². The Balaban J connectivity index is 1.46. The molecular weight excluding hydrogens is 342 g/mol. The van der Waals surface area contributed by atoms with Gasteiger partial charge >= 0.3 is 0 Å². The Kier molecular flexibility index (Phi) is 4.28. The maximum Gasteiger partial charge on any atom is 0.237 e. The molecule has 0 N–H and O–H groups in total. The summed E-state index contributed by atoms with van der Waals surface area (Å²) < 4.78 is 11.1. The Hall–Kier alpha value is -1.79. The summed E-state index contributed by atoms with van der Waals surface area (Å²) in [4.78, 5) is 20.1. The van der Waals surface area contributed by atoms with E-state index >= 15 is 0 Å². The average Bonchev–Trinajstić information content (AvgIpc) is 3.34. The molecule has 6 heteroatoms.